The van der Waals surface area contributed by atoms with Crippen LogP contribution in [0.5, 0.6) is 0 Å². The minimum Gasteiger partial charge on any atom is -0.369 e. The van der Waals surface area contributed by atoms with Crippen LogP contribution in [0.2, 0.25) is 10.0 Å². The molecule has 3 rings (SSSR count). The molecule has 1 aliphatic rings. The fraction of sp³-hybridized carbons (Fsp3) is 0.500. The first kappa shape index (κ1) is 25.0. The highest BCUT2D eigenvalue weighted by atomic mass is 35.5. The Labute approximate surface area is 202 Å². The molecule has 1 amide bonds. The first-order chi connectivity index (χ1) is 15.5. The standard InChI is InChI=1S/C26H34Cl2N2O2/c1-3-5-20(2)26(31)30-17-15-29(16-18-30)14-4-19-32-25(21-6-10-23(27)11-7-21)22-8-12-24(28)13-9-22/h6-13,20,25H,3-5,14-19H2,1-2H3. The Morgan fingerprint density at radius 1 is 0.938 bits per heavy atom. The van der Waals surface area contributed by atoms with Crippen LogP contribution in [-0.4, -0.2) is 55.0 Å². The number of rotatable bonds is 10. The first-order valence-electron chi connectivity index (χ1n) is 11.6. The molecule has 1 fully saturated rings. The lowest BCUT2D eigenvalue weighted by Gasteiger charge is -2.36. The summed E-state index contributed by atoms with van der Waals surface area (Å²) in [6, 6.07) is 15.6. The summed E-state index contributed by atoms with van der Waals surface area (Å²) in [5, 5.41) is 1.43. The van der Waals surface area contributed by atoms with Gasteiger partial charge >= 0.3 is 0 Å². The number of carbonyl (C=O) groups is 1. The van der Waals surface area contributed by atoms with Crippen molar-refractivity contribution in [2.45, 2.75) is 39.2 Å². The van der Waals surface area contributed by atoms with Crippen LogP contribution in [-0.2, 0) is 9.53 Å². The second-order valence-corrected chi connectivity index (χ2v) is 9.44. The van der Waals surface area contributed by atoms with E-state index in [1.807, 2.05) is 60.4 Å². The van der Waals surface area contributed by atoms with Gasteiger partial charge in [0, 0.05) is 55.3 Å². The molecule has 0 bridgehead atoms. The van der Waals surface area contributed by atoms with Gasteiger partial charge in [-0.15, -0.1) is 0 Å². The van der Waals surface area contributed by atoms with Gasteiger partial charge in [-0.05, 0) is 48.2 Å². The summed E-state index contributed by atoms with van der Waals surface area (Å²) in [6.07, 6.45) is 2.82. The molecule has 0 saturated carbocycles. The summed E-state index contributed by atoms with van der Waals surface area (Å²) in [5.74, 6) is 0.446. The minimum atomic E-state index is -0.154. The van der Waals surface area contributed by atoms with Crippen molar-refractivity contribution in [3.05, 3.63) is 69.7 Å². The Balaban J connectivity index is 1.48. The molecule has 0 spiro atoms. The number of piperazine rings is 1. The van der Waals surface area contributed by atoms with Gasteiger partial charge in [-0.2, -0.15) is 0 Å². The molecule has 1 unspecified atom stereocenters. The van der Waals surface area contributed by atoms with Crippen molar-refractivity contribution in [1.29, 1.82) is 0 Å². The average molecular weight is 477 g/mol. The zero-order chi connectivity index (χ0) is 22.9. The van der Waals surface area contributed by atoms with Crippen LogP contribution in [0, 0.1) is 5.92 Å². The largest absolute Gasteiger partial charge is 0.369 e. The number of nitrogens with zero attached hydrogens (tertiary/aromatic N) is 2. The third kappa shape index (κ3) is 7.21. The lowest BCUT2D eigenvalue weighted by molar-refractivity contribution is -0.137. The number of hydrogen-bond acceptors (Lipinski definition) is 3. The maximum absolute atomic E-state index is 12.5. The highest BCUT2D eigenvalue weighted by Crippen LogP contribution is 2.28. The molecule has 1 heterocycles. The predicted octanol–water partition coefficient (Wildman–Crippen LogP) is 6.07. The van der Waals surface area contributed by atoms with Crippen LogP contribution in [0.1, 0.15) is 50.3 Å². The van der Waals surface area contributed by atoms with Gasteiger partial charge in [0.1, 0.15) is 6.10 Å². The highest BCUT2D eigenvalue weighted by Gasteiger charge is 2.24. The fourth-order valence-corrected chi connectivity index (χ4v) is 4.46. The summed E-state index contributed by atoms with van der Waals surface area (Å²) < 4.78 is 6.33. The van der Waals surface area contributed by atoms with E-state index in [1.54, 1.807) is 0 Å². The van der Waals surface area contributed by atoms with E-state index >= 15 is 0 Å². The van der Waals surface area contributed by atoms with Gasteiger partial charge in [0.15, 0.2) is 0 Å². The molecule has 1 aliphatic heterocycles. The van der Waals surface area contributed by atoms with E-state index in [2.05, 4.69) is 11.8 Å². The summed E-state index contributed by atoms with van der Waals surface area (Å²) in [5.41, 5.74) is 2.15. The maximum Gasteiger partial charge on any atom is 0.225 e. The van der Waals surface area contributed by atoms with E-state index in [4.69, 9.17) is 27.9 Å². The van der Waals surface area contributed by atoms with Gasteiger partial charge in [0.05, 0.1) is 0 Å². The predicted molar refractivity (Wildman–Crippen MR) is 132 cm³/mol. The second kappa shape index (κ2) is 12.6. The van der Waals surface area contributed by atoms with E-state index in [0.29, 0.717) is 22.6 Å². The number of hydrogen-bond donors (Lipinski definition) is 0. The minimum absolute atomic E-state index is 0.137. The molecule has 0 N–H and O–H groups in total. The van der Waals surface area contributed by atoms with Gasteiger partial charge in [-0.3, -0.25) is 9.69 Å². The van der Waals surface area contributed by atoms with Crippen LogP contribution in [0.15, 0.2) is 48.5 Å². The Kier molecular flexibility index (Phi) is 9.86. The summed E-state index contributed by atoms with van der Waals surface area (Å²) in [6.45, 7) is 9.33. The smallest absolute Gasteiger partial charge is 0.225 e. The van der Waals surface area contributed by atoms with E-state index in [1.165, 1.54) is 0 Å². The average Bonchev–Trinajstić information content (AvgIpc) is 2.81. The summed E-state index contributed by atoms with van der Waals surface area (Å²) in [4.78, 5) is 17.0. The van der Waals surface area contributed by atoms with Crippen LogP contribution in [0.25, 0.3) is 0 Å². The normalized spacial score (nSPS) is 15.8. The van der Waals surface area contributed by atoms with Crippen molar-refractivity contribution in [3.63, 3.8) is 0 Å². The monoisotopic (exact) mass is 476 g/mol. The number of benzene rings is 2. The zero-order valence-electron chi connectivity index (χ0n) is 19.1. The maximum atomic E-state index is 12.5. The SMILES string of the molecule is CCCC(C)C(=O)N1CCN(CCCOC(c2ccc(Cl)cc2)c2ccc(Cl)cc2)CC1. The van der Waals surface area contributed by atoms with Crippen LogP contribution >= 0.6 is 23.2 Å². The first-order valence-corrected chi connectivity index (χ1v) is 12.4. The topological polar surface area (TPSA) is 32.8 Å². The molecule has 0 aromatic heterocycles. The molecule has 1 saturated heterocycles. The molecule has 0 radical (unpaired) electrons. The van der Waals surface area contributed by atoms with Crippen LogP contribution < -0.4 is 0 Å². The fourth-order valence-electron chi connectivity index (χ4n) is 4.21. The molecule has 0 aliphatic carbocycles. The van der Waals surface area contributed by atoms with Crippen LogP contribution in [0.4, 0.5) is 0 Å². The van der Waals surface area contributed by atoms with Crippen molar-refractivity contribution < 1.29 is 9.53 Å². The molecule has 174 valence electrons. The van der Waals surface area contributed by atoms with Crippen molar-refractivity contribution in [1.82, 2.24) is 9.80 Å². The van der Waals surface area contributed by atoms with E-state index in [9.17, 15) is 4.79 Å². The van der Waals surface area contributed by atoms with Crippen molar-refractivity contribution in [2.24, 2.45) is 5.92 Å². The quantitative estimate of drug-likeness (QED) is 0.390. The molecule has 2 aromatic carbocycles. The molecule has 1 atom stereocenters. The lowest BCUT2D eigenvalue weighted by atomic mass is 10.0. The van der Waals surface area contributed by atoms with E-state index in [-0.39, 0.29) is 12.0 Å². The molecule has 4 nitrogen and oxygen atoms in total. The molecule has 32 heavy (non-hydrogen) atoms. The number of amides is 1. The lowest BCUT2D eigenvalue weighted by Crippen LogP contribution is -2.50. The molecule has 6 heteroatoms. The van der Waals surface area contributed by atoms with Crippen LogP contribution in [0.3, 0.4) is 0 Å². The van der Waals surface area contributed by atoms with Gasteiger partial charge in [0.2, 0.25) is 5.91 Å². The van der Waals surface area contributed by atoms with Crippen molar-refractivity contribution >= 4 is 29.1 Å². The van der Waals surface area contributed by atoms with Gasteiger partial charge in [-0.1, -0.05) is 67.7 Å². The number of carbonyl (C=O) groups excluding carboxylic acids is 1. The third-order valence-electron chi connectivity index (χ3n) is 6.08. The van der Waals surface area contributed by atoms with E-state index < -0.39 is 0 Å². The Morgan fingerprint density at radius 2 is 1.47 bits per heavy atom. The van der Waals surface area contributed by atoms with Crippen molar-refractivity contribution in [2.75, 3.05) is 39.3 Å². The molecular formula is C26H34Cl2N2O2. The molecule has 2 aromatic rings. The summed E-state index contributed by atoms with van der Waals surface area (Å²) >= 11 is 12.1. The third-order valence-corrected chi connectivity index (χ3v) is 6.58. The Morgan fingerprint density at radius 3 is 1.97 bits per heavy atom. The Bertz CT molecular complexity index is 788. The Hall–Kier alpha value is -1.59. The summed E-state index contributed by atoms with van der Waals surface area (Å²) in [7, 11) is 0. The molecular weight excluding hydrogens is 443 g/mol. The number of halogens is 2. The van der Waals surface area contributed by atoms with Crippen molar-refractivity contribution in [3.8, 4) is 0 Å². The van der Waals surface area contributed by atoms with E-state index in [0.717, 1.165) is 63.1 Å². The zero-order valence-corrected chi connectivity index (χ0v) is 20.6. The van der Waals surface area contributed by atoms with Gasteiger partial charge < -0.3 is 9.64 Å². The highest BCUT2D eigenvalue weighted by molar-refractivity contribution is 6.30. The van der Waals surface area contributed by atoms with Gasteiger partial charge in [-0.25, -0.2) is 0 Å². The van der Waals surface area contributed by atoms with Gasteiger partial charge in [0.25, 0.3) is 0 Å². The second-order valence-electron chi connectivity index (χ2n) is 8.56. The number of ether oxygens (including phenoxy) is 1.